The van der Waals surface area contributed by atoms with E-state index in [1.54, 1.807) is 17.8 Å². The number of nitrogens with one attached hydrogen (secondary N) is 2. The van der Waals surface area contributed by atoms with Gasteiger partial charge in [-0.05, 0) is 36.0 Å². The van der Waals surface area contributed by atoms with E-state index in [1.807, 2.05) is 24.5 Å². The van der Waals surface area contributed by atoms with Crippen LogP contribution in [0, 0.1) is 5.92 Å². The molecule has 0 fully saturated rings. The lowest BCUT2D eigenvalue weighted by molar-refractivity contribution is -0.136. The van der Waals surface area contributed by atoms with Crippen molar-refractivity contribution in [3.63, 3.8) is 0 Å². The summed E-state index contributed by atoms with van der Waals surface area (Å²) < 4.78 is 0. The highest BCUT2D eigenvalue weighted by atomic mass is 32.2. The van der Waals surface area contributed by atoms with E-state index in [2.05, 4.69) is 17.6 Å². The zero-order chi connectivity index (χ0) is 15.7. The summed E-state index contributed by atoms with van der Waals surface area (Å²) in [6, 6.07) is 7.00. The molecule has 0 heterocycles. The highest BCUT2D eigenvalue weighted by molar-refractivity contribution is 7.98. The van der Waals surface area contributed by atoms with Crippen molar-refractivity contribution in [3.05, 3.63) is 29.8 Å². The molecule has 21 heavy (non-hydrogen) atoms. The quantitative estimate of drug-likeness (QED) is 0.690. The molecule has 1 unspecified atom stereocenters. The largest absolute Gasteiger partial charge is 0.481 e. The lowest BCUT2D eigenvalue weighted by Gasteiger charge is -2.14. The van der Waals surface area contributed by atoms with Gasteiger partial charge in [0.1, 0.15) is 0 Å². The lowest BCUT2D eigenvalue weighted by atomic mass is 10.1. The van der Waals surface area contributed by atoms with Crippen LogP contribution in [0.3, 0.4) is 0 Å². The number of urea groups is 1. The van der Waals surface area contributed by atoms with Gasteiger partial charge in [-0.1, -0.05) is 25.1 Å². The number of carbonyl (C=O) groups is 2. The summed E-state index contributed by atoms with van der Waals surface area (Å²) in [6.45, 7) is 2.70. The van der Waals surface area contributed by atoms with Crippen molar-refractivity contribution in [2.45, 2.75) is 19.8 Å². The third-order valence-electron chi connectivity index (χ3n) is 2.94. The summed E-state index contributed by atoms with van der Waals surface area (Å²) in [6.07, 6.45) is 2.48. The highest BCUT2D eigenvalue weighted by Gasteiger charge is 2.09. The first kappa shape index (κ1) is 17.4. The lowest BCUT2D eigenvalue weighted by Crippen LogP contribution is -2.33. The molecule has 0 radical (unpaired) electrons. The number of hydrogen-bond donors (Lipinski definition) is 3. The van der Waals surface area contributed by atoms with Gasteiger partial charge in [0.05, 0.1) is 0 Å². The number of amides is 2. The Balaban J connectivity index is 2.53. The van der Waals surface area contributed by atoms with Crippen LogP contribution >= 0.6 is 11.8 Å². The van der Waals surface area contributed by atoms with Gasteiger partial charge >= 0.3 is 12.0 Å². The molecule has 1 atom stereocenters. The minimum atomic E-state index is -0.847. The first-order chi connectivity index (χ1) is 10.0. The average Bonchev–Trinajstić information content (AvgIpc) is 2.44. The maximum absolute atomic E-state index is 11.9. The fourth-order valence-electron chi connectivity index (χ4n) is 1.88. The molecule has 3 N–H and O–H groups in total. The summed E-state index contributed by atoms with van der Waals surface area (Å²) in [5.41, 5.74) is 1.49. The Morgan fingerprint density at radius 2 is 2.05 bits per heavy atom. The summed E-state index contributed by atoms with van der Waals surface area (Å²) in [5, 5.41) is 14.4. The van der Waals surface area contributed by atoms with Crippen LogP contribution in [0.5, 0.6) is 0 Å². The number of carbonyl (C=O) groups excluding carboxylic acids is 1. The number of aliphatic carboxylic acids is 1. The van der Waals surface area contributed by atoms with E-state index in [9.17, 15) is 9.59 Å². The van der Waals surface area contributed by atoms with Gasteiger partial charge in [-0.2, -0.15) is 11.8 Å². The number of hydrogen-bond acceptors (Lipinski definition) is 3. The number of thioether (sulfide) groups is 1. The molecule has 1 aromatic carbocycles. The molecule has 0 aromatic heterocycles. The van der Waals surface area contributed by atoms with Crippen LogP contribution in [0.25, 0.3) is 0 Å². The molecule has 116 valence electrons. The van der Waals surface area contributed by atoms with Crippen molar-refractivity contribution in [1.82, 2.24) is 5.32 Å². The van der Waals surface area contributed by atoms with Gasteiger partial charge in [-0.15, -0.1) is 0 Å². The molecule has 0 spiro atoms. The molecule has 0 bridgehead atoms. The average molecular weight is 310 g/mol. The third-order valence-corrected chi connectivity index (χ3v) is 3.84. The fourth-order valence-corrected chi connectivity index (χ4v) is 2.57. The number of carboxylic acid groups (broad SMARTS) is 1. The van der Waals surface area contributed by atoms with Crippen molar-refractivity contribution in [3.8, 4) is 0 Å². The van der Waals surface area contributed by atoms with E-state index in [1.165, 1.54) is 0 Å². The van der Waals surface area contributed by atoms with Crippen LogP contribution in [-0.2, 0) is 11.2 Å². The standard InChI is InChI=1S/C15H22N2O3S/c1-11(10-21-2)9-16-15(20)17-13-6-4-3-5-12(13)7-8-14(18)19/h3-6,11H,7-10H2,1-2H3,(H,18,19)(H2,16,17,20). The van der Waals surface area contributed by atoms with Crippen LogP contribution in [0.15, 0.2) is 24.3 Å². The van der Waals surface area contributed by atoms with Crippen molar-refractivity contribution >= 4 is 29.4 Å². The number of benzene rings is 1. The second kappa shape index (κ2) is 9.28. The zero-order valence-electron chi connectivity index (χ0n) is 12.4. The van der Waals surface area contributed by atoms with Crippen molar-refractivity contribution in [1.29, 1.82) is 0 Å². The second-order valence-corrected chi connectivity index (χ2v) is 5.86. The van der Waals surface area contributed by atoms with E-state index < -0.39 is 5.97 Å². The topological polar surface area (TPSA) is 78.4 Å². The summed E-state index contributed by atoms with van der Waals surface area (Å²) in [4.78, 5) is 22.5. The van der Waals surface area contributed by atoms with Crippen molar-refractivity contribution in [2.24, 2.45) is 5.92 Å². The van der Waals surface area contributed by atoms with E-state index >= 15 is 0 Å². The van der Waals surface area contributed by atoms with Gasteiger partial charge in [-0.25, -0.2) is 4.79 Å². The fraction of sp³-hybridized carbons (Fsp3) is 0.467. The predicted molar refractivity (Wildman–Crippen MR) is 87.0 cm³/mol. The molecule has 0 saturated heterocycles. The second-order valence-electron chi connectivity index (χ2n) is 4.95. The molecule has 0 aliphatic carbocycles. The van der Waals surface area contributed by atoms with E-state index in [0.717, 1.165) is 11.3 Å². The zero-order valence-corrected chi connectivity index (χ0v) is 13.2. The van der Waals surface area contributed by atoms with Gasteiger partial charge in [0.25, 0.3) is 0 Å². The molecule has 2 amide bonds. The molecule has 1 aromatic rings. The van der Waals surface area contributed by atoms with Crippen LogP contribution < -0.4 is 10.6 Å². The van der Waals surface area contributed by atoms with Crippen molar-refractivity contribution in [2.75, 3.05) is 23.9 Å². The predicted octanol–water partition coefficient (Wildman–Crippen LogP) is 2.82. The molecule has 5 nitrogen and oxygen atoms in total. The smallest absolute Gasteiger partial charge is 0.319 e. The first-order valence-corrected chi connectivity index (χ1v) is 8.25. The third kappa shape index (κ3) is 7.04. The SMILES string of the molecule is CSCC(C)CNC(=O)Nc1ccccc1CCC(=O)O. The Hall–Kier alpha value is -1.69. The number of rotatable bonds is 8. The van der Waals surface area contributed by atoms with Gasteiger partial charge < -0.3 is 15.7 Å². The Morgan fingerprint density at radius 1 is 1.33 bits per heavy atom. The molecule has 0 saturated carbocycles. The first-order valence-electron chi connectivity index (χ1n) is 6.86. The van der Waals surface area contributed by atoms with Crippen LogP contribution in [0.1, 0.15) is 18.9 Å². The molecule has 0 aliphatic heterocycles. The molecular formula is C15H22N2O3S. The maximum atomic E-state index is 11.9. The Labute approximate surface area is 129 Å². The summed E-state index contributed by atoms with van der Waals surface area (Å²) in [5.74, 6) is 0.559. The number of carboxylic acids is 1. The highest BCUT2D eigenvalue weighted by Crippen LogP contribution is 2.16. The maximum Gasteiger partial charge on any atom is 0.319 e. The Morgan fingerprint density at radius 3 is 2.71 bits per heavy atom. The minimum absolute atomic E-state index is 0.0467. The van der Waals surface area contributed by atoms with E-state index in [0.29, 0.717) is 24.6 Å². The number of anilines is 1. The summed E-state index contributed by atoms with van der Waals surface area (Å²) in [7, 11) is 0. The van der Waals surface area contributed by atoms with E-state index in [4.69, 9.17) is 5.11 Å². The molecule has 6 heteroatoms. The molecular weight excluding hydrogens is 288 g/mol. The summed E-state index contributed by atoms with van der Waals surface area (Å²) >= 11 is 1.75. The van der Waals surface area contributed by atoms with Gasteiger partial charge in [0, 0.05) is 18.7 Å². The van der Waals surface area contributed by atoms with E-state index in [-0.39, 0.29) is 12.5 Å². The monoisotopic (exact) mass is 310 g/mol. The van der Waals surface area contributed by atoms with Gasteiger partial charge in [0.15, 0.2) is 0 Å². The molecule has 1 rings (SSSR count). The Bertz CT molecular complexity index is 480. The number of para-hydroxylation sites is 1. The molecule has 0 aliphatic rings. The van der Waals surface area contributed by atoms with Crippen molar-refractivity contribution < 1.29 is 14.7 Å². The van der Waals surface area contributed by atoms with Gasteiger partial charge in [0.2, 0.25) is 0 Å². The minimum Gasteiger partial charge on any atom is -0.481 e. The van der Waals surface area contributed by atoms with Gasteiger partial charge in [-0.3, -0.25) is 4.79 Å². The van der Waals surface area contributed by atoms with Crippen LogP contribution in [0.2, 0.25) is 0 Å². The normalized spacial score (nSPS) is 11.7. The van der Waals surface area contributed by atoms with Crippen LogP contribution in [-0.4, -0.2) is 35.7 Å². The Kier molecular flexibility index (Phi) is 7.68. The number of aryl methyl sites for hydroxylation is 1. The van der Waals surface area contributed by atoms with Crippen LogP contribution in [0.4, 0.5) is 10.5 Å².